The number of hydrogen-bond donors (Lipinski definition) is 0. The second-order valence-electron chi connectivity index (χ2n) is 5.05. The molecule has 0 aromatic heterocycles. The Morgan fingerprint density at radius 1 is 1.19 bits per heavy atom. The Morgan fingerprint density at radius 2 is 1.90 bits per heavy atom. The van der Waals surface area contributed by atoms with Crippen LogP contribution in [0.1, 0.15) is 29.5 Å². The highest BCUT2D eigenvalue weighted by Gasteiger charge is 2.19. The first kappa shape index (κ1) is 15.6. The first-order chi connectivity index (χ1) is 10.1. The van der Waals surface area contributed by atoms with Gasteiger partial charge in [0, 0.05) is 0 Å². The third kappa shape index (κ3) is 4.33. The number of ether oxygens (including phenoxy) is 1. The van der Waals surface area contributed by atoms with E-state index in [9.17, 15) is 4.79 Å². The minimum atomic E-state index is -0.325. The fourth-order valence-corrected chi connectivity index (χ4v) is 2.54. The standard InChI is InChI=1S/C18H19ClO2/c1-3-21-16-9-7-14(8-10-16)12-17(18(19)20)15-6-4-5-13(2)11-15/h4-11,17H,3,12H2,1-2H3. The Hall–Kier alpha value is -1.80. The van der Waals surface area contributed by atoms with Crippen LogP contribution in [-0.4, -0.2) is 11.8 Å². The van der Waals surface area contributed by atoms with Crippen LogP contribution in [0.3, 0.4) is 0 Å². The lowest BCUT2D eigenvalue weighted by atomic mass is 9.92. The zero-order valence-electron chi connectivity index (χ0n) is 12.3. The molecule has 0 fully saturated rings. The van der Waals surface area contributed by atoms with Gasteiger partial charge in [0.05, 0.1) is 12.5 Å². The van der Waals surface area contributed by atoms with Crippen molar-refractivity contribution in [2.24, 2.45) is 0 Å². The van der Waals surface area contributed by atoms with Crippen LogP contribution in [0.4, 0.5) is 0 Å². The van der Waals surface area contributed by atoms with E-state index >= 15 is 0 Å². The summed E-state index contributed by atoms with van der Waals surface area (Å²) in [5, 5.41) is -0.325. The van der Waals surface area contributed by atoms with E-state index in [0.717, 1.165) is 22.4 Å². The molecule has 0 aliphatic rings. The lowest BCUT2D eigenvalue weighted by molar-refractivity contribution is -0.113. The van der Waals surface area contributed by atoms with E-state index in [0.29, 0.717) is 13.0 Å². The molecule has 2 aromatic rings. The van der Waals surface area contributed by atoms with Gasteiger partial charge in [-0.1, -0.05) is 42.0 Å². The molecule has 0 saturated heterocycles. The van der Waals surface area contributed by atoms with Gasteiger partial charge in [-0.05, 0) is 55.1 Å². The summed E-state index contributed by atoms with van der Waals surface area (Å²) in [7, 11) is 0. The van der Waals surface area contributed by atoms with Crippen molar-refractivity contribution in [3.05, 3.63) is 65.2 Å². The lowest BCUT2D eigenvalue weighted by Gasteiger charge is -2.14. The molecule has 0 radical (unpaired) electrons. The smallest absolute Gasteiger partial charge is 0.229 e. The number of benzene rings is 2. The average molecular weight is 303 g/mol. The van der Waals surface area contributed by atoms with Gasteiger partial charge < -0.3 is 4.74 Å². The minimum Gasteiger partial charge on any atom is -0.494 e. The maximum atomic E-state index is 11.8. The molecular weight excluding hydrogens is 284 g/mol. The second kappa shape index (κ2) is 7.28. The Balaban J connectivity index is 2.18. The Labute approximate surface area is 130 Å². The molecule has 2 aromatic carbocycles. The van der Waals surface area contributed by atoms with E-state index < -0.39 is 0 Å². The van der Waals surface area contributed by atoms with Gasteiger partial charge in [-0.15, -0.1) is 0 Å². The number of hydrogen-bond acceptors (Lipinski definition) is 2. The molecule has 0 heterocycles. The SMILES string of the molecule is CCOc1ccc(CC(C(=O)Cl)c2cccc(C)c2)cc1. The average Bonchev–Trinajstić information content (AvgIpc) is 2.46. The number of rotatable bonds is 6. The number of carbonyl (C=O) groups is 1. The Morgan fingerprint density at radius 3 is 2.48 bits per heavy atom. The summed E-state index contributed by atoms with van der Waals surface area (Å²) in [6.07, 6.45) is 0.595. The topological polar surface area (TPSA) is 26.3 Å². The van der Waals surface area contributed by atoms with Crippen LogP contribution in [0.5, 0.6) is 5.75 Å². The van der Waals surface area contributed by atoms with E-state index in [2.05, 4.69) is 0 Å². The normalized spacial score (nSPS) is 12.0. The fraction of sp³-hybridized carbons (Fsp3) is 0.278. The highest BCUT2D eigenvalue weighted by molar-refractivity contribution is 6.64. The van der Waals surface area contributed by atoms with Crippen molar-refractivity contribution in [3.63, 3.8) is 0 Å². The maximum absolute atomic E-state index is 11.8. The van der Waals surface area contributed by atoms with Crippen LogP contribution in [0.2, 0.25) is 0 Å². The summed E-state index contributed by atoms with van der Waals surface area (Å²) in [6.45, 7) is 4.61. The van der Waals surface area contributed by atoms with E-state index in [4.69, 9.17) is 16.3 Å². The predicted molar refractivity (Wildman–Crippen MR) is 86.1 cm³/mol. The molecule has 0 aliphatic carbocycles. The molecule has 0 spiro atoms. The maximum Gasteiger partial charge on any atom is 0.229 e. The van der Waals surface area contributed by atoms with Crippen LogP contribution in [0.15, 0.2) is 48.5 Å². The molecule has 2 nitrogen and oxygen atoms in total. The fourth-order valence-electron chi connectivity index (χ4n) is 2.34. The van der Waals surface area contributed by atoms with Crippen molar-refractivity contribution in [2.75, 3.05) is 6.61 Å². The zero-order valence-corrected chi connectivity index (χ0v) is 13.1. The summed E-state index contributed by atoms with van der Waals surface area (Å²) < 4.78 is 5.42. The van der Waals surface area contributed by atoms with Crippen LogP contribution in [0, 0.1) is 6.92 Å². The van der Waals surface area contributed by atoms with Crippen molar-refractivity contribution in [3.8, 4) is 5.75 Å². The van der Waals surface area contributed by atoms with E-state index in [1.807, 2.05) is 62.4 Å². The largest absolute Gasteiger partial charge is 0.494 e. The lowest BCUT2D eigenvalue weighted by Crippen LogP contribution is -2.10. The third-order valence-corrected chi connectivity index (χ3v) is 3.66. The molecule has 0 bridgehead atoms. The predicted octanol–water partition coefficient (Wildman–Crippen LogP) is 4.49. The summed E-state index contributed by atoms with van der Waals surface area (Å²) in [5.74, 6) is 0.523. The van der Waals surface area contributed by atoms with Crippen molar-refractivity contribution in [1.82, 2.24) is 0 Å². The van der Waals surface area contributed by atoms with Crippen LogP contribution in [-0.2, 0) is 11.2 Å². The Bertz CT molecular complexity index is 605. The molecule has 110 valence electrons. The molecule has 0 N–H and O–H groups in total. The molecular formula is C18H19ClO2. The first-order valence-corrected chi connectivity index (χ1v) is 7.45. The molecule has 21 heavy (non-hydrogen) atoms. The summed E-state index contributed by atoms with van der Waals surface area (Å²) in [5.41, 5.74) is 3.16. The van der Waals surface area contributed by atoms with Gasteiger partial charge >= 0.3 is 0 Å². The van der Waals surface area contributed by atoms with Crippen molar-refractivity contribution >= 4 is 16.8 Å². The van der Waals surface area contributed by atoms with Gasteiger partial charge in [0.25, 0.3) is 0 Å². The molecule has 2 rings (SSSR count). The molecule has 1 unspecified atom stereocenters. The van der Waals surface area contributed by atoms with Gasteiger partial charge in [-0.3, -0.25) is 4.79 Å². The summed E-state index contributed by atoms with van der Waals surface area (Å²) >= 11 is 5.80. The van der Waals surface area contributed by atoms with E-state index in [1.54, 1.807) is 0 Å². The van der Waals surface area contributed by atoms with Crippen LogP contribution < -0.4 is 4.74 Å². The second-order valence-corrected chi connectivity index (χ2v) is 5.42. The minimum absolute atomic E-state index is 0.315. The van der Waals surface area contributed by atoms with Crippen molar-refractivity contribution in [2.45, 2.75) is 26.2 Å². The van der Waals surface area contributed by atoms with Gasteiger partial charge in [0.1, 0.15) is 5.75 Å². The third-order valence-electron chi connectivity index (χ3n) is 3.39. The first-order valence-electron chi connectivity index (χ1n) is 7.07. The molecule has 0 saturated carbocycles. The van der Waals surface area contributed by atoms with Crippen molar-refractivity contribution < 1.29 is 9.53 Å². The molecule has 0 amide bonds. The van der Waals surface area contributed by atoms with Gasteiger partial charge in [0.2, 0.25) is 5.24 Å². The van der Waals surface area contributed by atoms with E-state index in [1.165, 1.54) is 0 Å². The highest BCUT2D eigenvalue weighted by Crippen LogP contribution is 2.25. The number of aryl methyl sites for hydroxylation is 1. The number of halogens is 1. The van der Waals surface area contributed by atoms with Crippen LogP contribution in [0.25, 0.3) is 0 Å². The monoisotopic (exact) mass is 302 g/mol. The van der Waals surface area contributed by atoms with Crippen LogP contribution >= 0.6 is 11.6 Å². The van der Waals surface area contributed by atoms with Gasteiger partial charge in [-0.2, -0.15) is 0 Å². The Kier molecular flexibility index (Phi) is 5.40. The van der Waals surface area contributed by atoms with Gasteiger partial charge in [0.15, 0.2) is 0 Å². The summed E-state index contributed by atoms with van der Waals surface area (Å²) in [4.78, 5) is 11.8. The number of carbonyl (C=O) groups excluding carboxylic acids is 1. The molecule has 3 heteroatoms. The van der Waals surface area contributed by atoms with Crippen molar-refractivity contribution in [1.29, 1.82) is 0 Å². The van der Waals surface area contributed by atoms with Gasteiger partial charge in [-0.25, -0.2) is 0 Å². The molecule has 0 aliphatic heterocycles. The van der Waals surface area contributed by atoms with E-state index in [-0.39, 0.29) is 11.2 Å². The zero-order chi connectivity index (χ0) is 15.2. The molecule has 1 atom stereocenters. The highest BCUT2D eigenvalue weighted by atomic mass is 35.5. The quantitative estimate of drug-likeness (QED) is 0.735. The summed E-state index contributed by atoms with van der Waals surface area (Å²) in [6, 6.07) is 15.7.